The molecule has 10 heteroatoms. The summed E-state index contributed by atoms with van der Waals surface area (Å²) < 4.78 is 48.0. The van der Waals surface area contributed by atoms with Crippen LogP contribution in [0, 0.1) is 5.82 Å². The first-order chi connectivity index (χ1) is 13.8. The minimum atomic E-state index is -3.90. The third kappa shape index (κ3) is 4.90. The molecule has 3 aromatic rings. The Labute approximate surface area is 171 Å². The van der Waals surface area contributed by atoms with Crippen LogP contribution in [0.3, 0.4) is 0 Å². The van der Waals surface area contributed by atoms with Crippen LogP contribution in [0.15, 0.2) is 52.7 Å². The lowest BCUT2D eigenvalue weighted by Gasteiger charge is -2.08. The number of anilines is 1. The number of sulfone groups is 1. The fourth-order valence-corrected chi connectivity index (χ4v) is 4.38. The summed E-state index contributed by atoms with van der Waals surface area (Å²) in [7, 11) is -0.828. The van der Waals surface area contributed by atoms with E-state index in [2.05, 4.69) is 10.3 Å². The zero-order chi connectivity index (χ0) is 21.0. The number of carbonyl (C=O) groups excluding carboxylic acids is 1. The molecule has 0 spiro atoms. The summed E-state index contributed by atoms with van der Waals surface area (Å²) >= 11 is 1.15. The molecule has 152 valence electrons. The van der Waals surface area contributed by atoms with Gasteiger partial charge in [0.05, 0.1) is 24.8 Å². The van der Waals surface area contributed by atoms with Crippen molar-refractivity contribution in [1.29, 1.82) is 0 Å². The van der Waals surface area contributed by atoms with Crippen LogP contribution in [-0.4, -0.2) is 39.3 Å². The second kappa shape index (κ2) is 8.58. The Balaban J connectivity index is 1.73. The van der Waals surface area contributed by atoms with Crippen LogP contribution in [0.25, 0.3) is 11.3 Å². The maximum Gasteiger partial charge on any atom is 0.241 e. The largest absolute Gasteiger partial charge is 0.497 e. The third-order valence-corrected chi connectivity index (χ3v) is 6.32. The molecule has 29 heavy (non-hydrogen) atoms. The van der Waals surface area contributed by atoms with Crippen molar-refractivity contribution in [2.45, 2.75) is 4.90 Å². The second-order valence-electron chi connectivity index (χ2n) is 5.87. The molecule has 1 heterocycles. The predicted octanol–water partition coefficient (Wildman–Crippen LogP) is 3.38. The Morgan fingerprint density at radius 2 is 1.86 bits per heavy atom. The molecule has 1 aromatic heterocycles. The van der Waals surface area contributed by atoms with Gasteiger partial charge in [0, 0.05) is 17.0 Å². The normalized spacial score (nSPS) is 11.1. The second-order valence-corrected chi connectivity index (χ2v) is 8.71. The molecule has 0 bridgehead atoms. The summed E-state index contributed by atoms with van der Waals surface area (Å²) in [6, 6.07) is 9.54. The molecule has 7 nitrogen and oxygen atoms in total. The summed E-state index contributed by atoms with van der Waals surface area (Å²) in [4.78, 5) is 16.4. The highest BCUT2D eigenvalue weighted by Gasteiger charge is 2.20. The SMILES string of the molecule is COc1ccc(-c2csc(NC(=O)CS(=O)(=O)c3ccc(F)cc3)n2)c(OC)c1. The molecule has 0 atom stereocenters. The number of ether oxygens (including phenoxy) is 2. The van der Waals surface area contributed by atoms with E-state index in [0.717, 1.165) is 35.6 Å². The van der Waals surface area contributed by atoms with Crippen LogP contribution in [-0.2, 0) is 14.6 Å². The van der Waals surface area contributed by atoms with Crippen LogP contribution >= 0.6 is 11.3 Å². The molecule has 0 saturated carbocycles. The van der Waals surface area contributed by atoms with Crippen molar-refractivity contribution >= 4 is 32.2 Å². The van der Waals surface area contributed by atoms with Crippen molar-refractivity contribution in [3.8, 4) is 22.8 Å². The van der Waals surface area contributed by atoms with E-state index in [9.17, 15) is 17.6 Å². The van der Waals surface area contributed by atoms with Gasteiger partial charge >= 0.3 is 0 Å². The monoisotopic (exact) mass is 436 g/mol. The van der Waals surface area contributed by atoms with Crippen molar-refractivity contribution < 1.29 is 27.1 Å². The fourth-order valence-electron chi connectivity index (χ4n) is 2.52. The molecule has 0 fully saturated rings. The van der Waals surface area contributed by atoms with Gasteiger partial charge in [0.25, 0.3) is 0 Å². The average molecular weight is 436 g/mol. The smallest absolute Gasteiger partial charge is 0.241 e. The minimum Gasteiger partial charge on any atom is -0.497 e. The van der Waals surface area contributed by atoms with Crippen LogP contribution in [0.1, 0.15) is 0 Å². The number of hydrogen-bond acceptors (Lipinski definition) is 7. The van der Waals surface area contributed by atoms with E-state index >= 15 is 0 Å². The number of halogens is 1. The van der Waals surface area contributed by atoms with Gasteiger partial charge in [0.2, 0.25) is 5.91 Å². The number of thiazole rings is 1. The molecule has 0 aliphatic carbocycles. The van der Waals surface area contributed by atoms with Gasteiger partial charge in [-0.25, -0.2) is 17.8 Å². The standard InChI is InChI=1S/C19H17FN2O5S2/c1-26-13-5-8-15(17(9-13)27-2)16-10-28-19(21-16)22-18(23)11-29(24,25)14-6-3-12(20)4-7-14/h3-10H,11H2,1-2H3,(H,21,22,23). The molecular formula is C19H17FN2O5S2. The van der Waals surface area contributed by atoms with Gasteiger partial charge < -0.3 is 14.8 Å². The van der Waals surface area contributed by atoms with Gasteiger partial charge in [-0.1, -0.05) is 0 Å². The lowest BCUT2D eigenvalue weighted by atomic mass is 10.1. The van der Waals surface area contributed by atoms with Crippen molar-refractivity contribution in [2.24, 2.45) is 0 Å². The van der Waals surface area contributed by atoms with Gasteiger partial charge in [0.1, 0.15) is 23.1 Å². The topological polar surface area (TPSA) is 94.6 Å². The number of amides is 1. The zero-order valence-corrected chi connectivity index (χ0v) is 17.1. The van der Waals surface area contributed by atoms with E-state index in [1.54, 1.807) is 30.7 Å². The lowest BCUT2D eigenvalue weighted by molar-refractivity contribution is -0.113. The number of methoxy groups -OCH3 is 2. The summed E-state index contributed by atoms with van der Waals surface area (Å²) in [5.41, 5.74) is 1.26. The summed E-state index contributed by atoms with van der Waals surface area (Å²) in [6.07, 6.45) is 0. The number of benzene rings is 2. The summed E-state index contributed by atoms with van der Waals surface area (Å²) in [5.74, 6) is -0.902. The molecule has 0 saturated heterocycles. The van der Waals surface area contributed by atoms with Gasteiger partial charge in [-0.3, -0.25) is 4.79 Å². The maximum absolute atomic E-state index is 13.0. The number of nitrogens with one attached hydrogen (secondary N) is 1. The van der Waals surface area contributed by atoms with E-state index in [4.69, 9.17) is 9.47 Å². The first-order valence-corrected chi connectivity index (χ1v) is 10.8. The molecule has 1 N–H and O–H groups in total. The highest BCUT2D eigenvalue weighted by Crippen LogP contribution is 2.34. The molecule has 0 unspecified atom stereocenters. The molecule has 0 radical (unpaired) electrons. The predicted molar refractivity (Wildman–Crippen MR) is 108 cm³/mol. The fraction of sp³-hybridized carbons (Fsp3) is 0.158. The first kappa shape index (κ1) is 20.7. The Hall–Kier alpha value is -2.98. The van der Waals surface area contributed by atoms with Crippen LogP contribution in [0.4, 0.5) is 9.52 Å². The number of hydrogen-bond donors (Lipinski definition) is 1. The number of aromatic nitrogens is 1. The van der Waals surface area contributed by atoms with Crippen LogP contribution < -0.4 is 14.8 Å². The van der Waals surface area contributed by atoms with E-state index in [0.29, 0.717) is 22.8 Å². The Kier molecular flexibility index (Phi) is 6.14. The van der Waals surface area contributed by atoms with Crippen LogP contribution in [0.5, 0.6) is 11.5 Å². The Morgan fingerprint density at radius 3 is 2.52 bits per heavy atom. The molecule has 1 amide bonds. The van der Waals surface area contributed by atoms with E-state index in [1.165, 1.54) is 7.11 Å². The van der Waals surface area contributed by atoms with Crippen molar-refractivity contribution in [3.05, 3.63) is 53.7 Å². The van der Waals surface area contributed by atoms with Gasteiger partial charge in [-0.15, -0.1) is 11.3 Å². The first-order valence-electron chi connectivity index (χ1n) is 8.28. The molecule has 3 rings (SSSR count). The number of carbonyl (C=O) groups is 1. The van der Waals surface area contributed by atoms with Gasteiger partial charge in [-0.2, -0.15) is 0 Å². The summed E-state index contributed by atoms with van der Waals surface area (Å²) in [5, 5.41) is 4.44. The summed E-state index contributed by atoms with van der Waals surface area (Å²) in [6.45, 7) is 0. The van der Waals surface area contributed by atoms with Crippen molar-refractivity contribution in [1.82, 2.24) is 4.98 Å². The minimum absolute atomic E-state index is 0.128. The molecule has 0 aliphatic heterocycles. The van der Waals surface area contributed by atoms with Gasteiger partial charge in [0.15, 0.2) is 15.0 Å². The number of rotatable bonds is 7. The van der Waals surface area contributed by atoms with Crippen LogP contribution in [0.2, 0.25) is 0 Å². The highest BCUT2D eigenvalue weighted by molar-refractivity contribution is 7.92. The number of nitrogens with zero attached hydrogens (tertiary/aromatic N) is 1. The quantitative estimate of drug-likeness (QED) is 0.571. The molecule has 2 aromatic carbocycles. The average Bonchev–Trinajstić information content (AvgIpc) is 3.15. The maximum atomic E-state index is 13.0. The molecule has 0 aliphatic rings. The zero-order valence-electron chi connectivity index (χ0n) is 15.5. The third-order valence-electron chi connectivity index (χ3n) is 3.93. The van der Waals surface area contributed by atoms with Gasteiger partial charge in [-0.05, 0) is 36.4 Å². The molecular weight excluding hydrogens is 419 g/mol. The van der Waals surface area contributed by atoms with E-state index < -0.39 is 27.3 Å². The lowest BCUT2D eigenvalue weighted by Crippen LogP contribution is -2.23. The van der Waals surface area contributed by atoms with Crippen molar-refractivity contribution in [2.75, 3.05) is 25.3 Å². The van der Waals surface area contributed by atoms with Crippen molar-refractivity contribution in [3.63, 3.8) is 0 Å². The highest BCUT2D eigenvalue weighted by atomic mass is 32.2. The Morgan fingerprint density at radius 1 is 1.14 bits per heavy atom. The Bertz CT molecular complexity index is 1130. The van der Waals surface area contributed by atoms with E-state index in [1.807, 2.05) is 0 Å². The van der Waals surface area contributed by atoms with E-state index in [-0.39, 0.29) is 10.0 Å².